The largest absolute Gasteiger partial charge is 0.393 e. The molecule has 3 saturated carbocycles. The molecule has 8 atom stereocenters. The van der Waals surface area contributed by atoms with Gasteiger partial charge in [0.1, 0.15) is 0 Å². The highest BCUT2D eigenvalue weighted by Gasteiger charge is 2.57. The van der Waals surface area contributed by atoms with Crippen molar-refractivity contribution in [1.29, 1.82) is 0 Å². The Balaban J connectivity index is 1.67. The van der Waals surface area contributed by atoms with E-state index in [1.54, 1.807) is 0 Å². The summed E-state index contributed by atoms with van der Waals surface area (Å²) in [6, 6.07) is 0. The van der Waals surface area contributed by atoms with Gasteiger partial charge in [-0.2, -0.15) is 0 Å². The second-order valence-electron chi connectivity index (χ2n) is 8.26. The molecule has 0 aromatic heterocycles. The van der Waals surface area contributed by atoms with Crippen LogP contribution in [-0.2, 0) is 0 Å². The van der Waals surface area contributed by atoms with E-state index in [-0.39, 0.29) is 23.7 Å². The molecular weight excluding hydrogens is 264 g/mol. The highest BCUT2D eigenvalue weighted by atomic mass is 16.3. The van der Waals surface area contributed by atoms with Crippen molar-refractivity contribution >= 4 is 0 Å². The topological polar surface area (TPSA) is 60.7 Å². The Hall–Kier alpha value is -0.380. The molecule has 4 aliphatic carbocycles. The van der Waals surface area contributed by atoms with Gasteiger partial charge in [-0.3, -0.25) is 0 Å². The molecule has 4 rings (SSSR count). The van der Waals surface area contributed by atoms with Crippen molar-refractivity contribution in [2.45, 2.75) is 70.2 Å². The number of aliphatic hydroxyl groups is 3. The third-order valence-corrected chi connectivity index (χ3v) is 7.39. The molecule has 0 spiro atoms. The summed E-state index contributed by atoms with van der Waals surface area (Å²) in [6.45, 7) is 2.24. The van der Waals surface area contributed by atoms with Gasteiger partial charge in [0.25, 0.3) is 0 Å². The van der Waals surface area contributed by atoms with Gasteiger partial charge in [0, 0.05) is 0 Å². The van der Waals surface area contributed by atoms with Crippen LogP contribution in [0.1, 0.15) is 51.9 Å². The van der Waals surface area contributed by atoms with Crippen molar-refractivity contribution in [3.05, 3.63) is 11.6 Å². The van der Waals surface area contributed by atoms with Gasteiger partial charge in [-0.1, -0.05) is 18.6 Å². The van der Waals surface area contributed by atoms with Crippen LogP contribution in [0.2, 0.25) is 0 Å². The molecule has 0 bridgehead atoms. The van der Waals surface area contributed by atoms with Crippen molar-refractivity contribution < 1.29 is 15.3 Å². The first-order valence-electron chi connectivity index (χ1n) is 8.75. The summed E-state index contributed by atoms with van der Waals surface area (Å²) in [4.78, 5) is 0. The molecule has 21 heavy (non-hydrogen) atoms. The Morgan fingerprint density at radius 1 is 1.05 bits per heavy atom. The predicted molar refractivity (Wildman–Crippen MR) is 80.5 cm³/mol. The van der Waals surface area contributed by atoms with E-state index in [1.165, 1.54) is 5.57 Å². The number of aliphatic hydroxyl groups excluding tert-OH is 3. The molecule has 0 amide bonds. The molecule has 118 valence electrons. The molecule has 0 heterocycles. The maximum Gasteiger partial charge on any atom is 0.0757 e. The lowest BCUT2D eigenvalue weighted by Gasteiger charge is -2.54. The minimum Gasteiger partial charge on any atom is -0.393 e. The highest BCUT2D eigenvalue weighted by Crippen LogP contribution is 2.61. The standard InChI is InChI=1S/C18H28O3/c1-18-7-6-13-12-3-2-11(19)8-10(12)9-15(20)17(13)14(18)4-5-16(18)21/h9,11-17,19-21H,2-8H2,1H3/t11-,12+,13-,14+,15+,16+,17-,18+/m1/s1. The second kappa shape index (κ2) is 4.81. The number of fused-ring (bicyclic) bond motifs is 5. The summed E-state index contributed by atoms with van der Waals surface area (Å²) < 4.78 is 0. The zero-order chi connectivity index (χ0) is 14.8. The maximum absolute atomic E-state index is 10.7. The molecule has 3 N–H and O–H groups in total. The van der Waals surface area contributed by atoms with Gasteiger partial charge in [0.05, 0.1) is 18.3 Å². The Bertz CT molecular complexity index is 459. The summed E-state index contributed by atoms with van der Waals surface area (Å²) >= 11 is 0. The first-order valence-corrected chi connectivity index (χ1v) is 8.75. The van der Waals surface area contributed by atoms with Gasteiger partial charge in [-0.25, -0.2) is 0 Å². The lowest BCUT2D eigenvalue weighted by atomic mass is 9.52. The van der Waals surface area contributed by atoms with Crippen LogP contribution in [0.5, 0.6) is 0 Å². The van der Waals surface area contributed by atoms with Crippen molar-refractivity contribution in [1.82, 2.24) is 0 Å². The number of hydrogen-bond donors (Lipinski definition) is 3. The first-order chi connectivity index (χ1) is 10.0. The van der Waals surface area contributed by atoms with E-state index in [1.807, 2.05) is 0 Å². The smallest absolute Gasteiger partial charge is 0.0757 e. The number of rotatable bonds is 0. The van der Waals surface area contributed by atoms with Crippen LogP contribution in [0, 0.1) is 29.1 Å². The van der Waals surface area contributed by atoms with Crippen LogP contribution >= 0.6 is 0 Å². The molecule has 0 radical (unpaired) electrons. The Labute approximate surface area is 127 Å². The van der Waals surface area contributed by atoms with Gasteiger partial charge in [-0.05, 0) is 74.0 Å². The second-order valence-corrected chi connectivity index (χ2v) is 8.26. The minimum absolute atomic E-state index is 0.0155. The zero-order valence-corrected chi connectivity index (χ0v) is 12.9. The quantitative estimate of drug-likeness (QED) is 0.600. The molecule has 0 aliphatic heterocycles. The lowest BCUT2D eigenvalue weighted by molar-refractivity contribution is -0.0847. The molecule has 0 aromatic rings. The van der Waals surface area contributed by atoms with E-state index in [0.29, 0.717) is 23.7 Å². The van der Waals surface area contributed by atoms with E-state index in [2.05, 4.69) is 13.0 Å². The van der Waals surface area contributed by atoms with Crippen molar-refractivity contribution in [2.24, 2.45) is 29.1 Å². The Morgan fingerprint density at radius 2 is 1.86 bits per heavy atom. The average Bonchev–Trinajstić information content (AvgIpc) is 2.74. The summed E-state index contributed by atoms with van der Waals surface area (Å²) in [5, 5.41) is 31.0. The fourth-order valence-corrected chi connectivity index (χ4v) is 6.25. The van der Waals surface area contributed by atoms with Crippen molar-refractivity contribution in [3.63, 3.8) is 0 Å². The van der Waals surface area contributed by atoms with Gasteiger partial charge in [-0.15, -0.1) is 0 Å². The molecule has 0 aromatic carbocycles. The fourth-order valence-electron chi connectivity index (χ4n) is 6.25. The van der Waals surface area contributed by atoms with Crippen molar-refractivity contribution in [3.8, 4) is 0 Å². The van der Waals surface area contributed by atoms with Crippen molar-refractivity contribution in [2.75, 3.05) is 0 Å². The summed E-state index contributed by atoms with van der Waals surface area (Å²) in [5.74, 6) is 1.93. The first kappa shape index (κ1) is 14.2. The third-order valence-electron chi connectivity index (χ3n) is 7.39. The summed E-state index contributed by atoms with van der Waals surface area (Å²) in [7, 11) is 0. The van der Waals surface area contributed by atoms with Crippen LogP contribution in [0.15, 0.2) is 11.6 Å². The van der Waals surface area contributed by atoms with Gasteiger partial charge in [0.2, 0.25) is 0 Å². The van der Waals surface area contributed by atoms with Crippen LogP contribution in [0.4, 0.5) is 0 Å². The maximum atomic E-state index is 10.7. The van der Waals surface area contributed by atoms with E-state index >= 15 is 0 Å². The molecular formula is C18H28O3. The zero-order valence-electron chi connectivity index (χ0n) is 12.9. The molecule has 3 heteroatoms. The molecule has 0 unspecified atom stereocenters. The summed E-state index contributed by atoms with van der Waals surface area (Å²) in [5.41, 5.74) is 1.33. The monoisotopic (exact) mass is 292 g/mol. The van der Waals surface area contributed by atoms with Gasteiger partial charge >= 0.3 is 0 Å². The normalized spacial score (nSPS) is 56.2. The third kappa shape index (κ3) is 1.97. The van der Waals surface area contributed by atoms with E-state index < -0.39 is 0 Å². The van der Waals surface area contributed by atoms with Crippen LogP contribution in [0.25, 0.3) is 0 Å². The van der Waals surface area contributed by atoms with Gasteiger partial charge < -0.3 is 15.3 Å². The lowest BCUT2D eigenvalue weighted by Crippen LogP contribution is -2.51. The fraction of sp³-hybridized carbons (Fsp3) is 0.889. The molecule has 3 nitrogen and oxygen atoms in total. The van der Waals surface area contributed by atoms with Crippen LogP contribution in [-0.4, -0.2) is 33.6 Å². The SMILES string of the molecule is C[C@]12CC[C@H]3[C@@H]([C@@H](O)C=C4C[C@H](O)CC[C@@H]43)[C@@H]1CC[C@@H]2O. The summed E-state index contributed by atoms with van der Waals surface area (Å²) in [6.07, 6.45) is 8.22. The minimum atomic E-state index is -0.374. The van der Waals surface area contributed by atoms with E-state index in [0.717, 1.165) is 44.9 Å². The number of hydrogen-bond acceptors (Lipinski definition) is 3. The van der Waals surface area contributed by atoms with Gasteiger partial charge in [0.15, 0.2) is 0 Å². The van der Waals surface area contributed by atoms with E-state index in [9.17, 15) is 15.3 Å². The van der Waals surface area contributed by atoms with Crippen LogP contribution < -0.4 is 0 Å². The Morgan fingerprint density at radius 3 is 2.67 bits per heavy atom. The Kier molecular flexibility index (Phi) is 3.26. The molecule has 0 saturated heterocycles. The highest BCUT2D eigenvalue weighted by molar-refractivity contribution is 5.23. The molecule has 3 fully saturated rings. The average molecular weight is 292 g/mol. The predicted octanol–water partition coefficient (Wildman–Crippen LogP) is 2.25. The molecule has 4 aliphatic rings. The van der Waals surface area contributed by atoms with Crippen LogP contribution in [0.3, 0.4) is 0 Å². The van der Waals surface area contributed by atoms with E-state index in [4.69, 9.17) is 0 Å².